The van der Waals surface area contributed by atoms with Gasteiger partial charge in [-0.2, -0.15) is 4.31 Å². The molecule has 2 aromatic carbocycles. The molecule has 0 radical (unpaired) electrons. The van der Waals surface area contributed by atoms with Crippen LogP contribution in [0.5, 0.6) is 17.2 Å². The van der Waals surface area contributed by atoms with Crippen LogP contribution in [0, 0.1) is 0 Å². The van der Waals surface area contributed by atoms with E-state index in [4.69, 9.17) is 14.2 Å². The number of nitrogens with zero attached hydrogens (tertiary/aromatic N) is 2. The van der Waals surface area contributed by atoms with Crippen LogP contribution < -0.4 is 14.2 Å². The molecule has 0 N–H and O–H groups in total. The molecule has 1 fully saturated rings. The first kappa shape index (κ1) is 21.0. The molecule has 30 heavy (non-hydrogen) atoms. The summed E-state index contributed by atoms with van der Waals surface area (Å²) in [5, 5.41) is 0. The number of amides is 1. The van der Waals surface area contributed by atoms with E-state index in [1.54, 1.807) is 23.1 Å². The van der Waals surface area contributed by atoms with Crippen molar-refractivity contribution in [3.05, 3.63) is 46.9 Å². The van der Waals surface area contributed by atoms with Gasteiger partial charge in [0.1, 0.15) is 19.0 Å². The molecule has 0 unspecified atom stereocenters. The third kappa shape index (κ3) is 4.55. The number of carbonyl (C=O) groups excluding carboxylic acids is 1. The van der Waals surface area contributed by atoms with Crippen molar-refractivity contribution in [2.75, 3.05) is 46.0 Å². The SMILES string of the molecule is O=C(COc1ccc(Br)cc1)N1CCN(S(=O)(=O)c2ccc3c(c2)OCCO3)CC1. The zero-order chi connectivity index (χ0) is 21.1. The topological polar surface area (TPSA) is 85.4 Å². The lowest BCUT2D eigenvalue weighted by Crippen LogP contribution is -2.51. The van der Waals surface area contributed by atoms with E-state index in [-0.39, 0.29) is 30.5 Å². The fourth-order valence-corrected chi connectivity index (χ4v) is 4.98. The quantitative estimate of drug-likeness (QED) is 0.630. The number of carbonyl (C=O) groups is 1. The van der Waals surface area contributed by atoms with E-state index < -0.39 is 10.0 Å². The Morgan fingerprint density at radius 2 is 1.63 bits per heavy atom. The van der Waals surface area contributed by atoms with Crippen LogP contribution in [0.15, 0.2) is 51.8 Å². The molecule has 0 aliphatic carbocycles. The van der Waals surface area contributed by atoms with E-state index in [0.29, 0.717) is 43.6 Å². The molecule has 0 bridgehead atoms. The van der Waals surface area contributed by atoms with E-state index >= 15 is 0 Å². The first-order chi connectivity index (χ1) is 14.4. The van der Waals surface area contributed by atoms with E-state index in [1.165, 1.54) is 16.4 Å². The van der Waals surface area contributed by atoms with Gasteiger partial charge in [0.05, 0.1) is 4.90 Å². The Morgan fingerprint density at radius 3 is 2.33 bits per heavy atom. The Kier molecular flexibility index (Phi) is 6.16. The smallest absolute Gasteiger partial charge is 0.260 e. The average molecular weight is 497 g/mol. The lowest BCUT2D eigenvalue weighted by Gasteiger charge is -2.34. The lowest BCUT2D eigenvalue weighted by atomic mass is 10.3. The number of fused-ring (bicyclic) bond motifs is 1. The predicted octanol–water partition coefficient (Wildman–Crippen LogP) is 2.13. The number of halogens is 1. The monoisotopic (exact) mass is 496 g/mol. The molecule has 1 amide bonds. The van der Waals surface area contributed by atoms with Gasteiger partial charge in [-0.3, -0.25) is 4.79 Å². The molecule has 0 saturated carbocycles. The van der Waals surface area contributed by atoms with Crippen LogP contribution in [0.25, 0.3) is 0 Å². The fraction of sp³-hybridized carbons (Fsp3) is 0.350. The summed E-state index contributed by atoms with van der Waals surface area (Å²) in [6.07, 6.45) is 0. The summed E-state index contributed by atoms with van der Waals surface area (Å²) in [6.45, 7) is 1.82. The molecule has 2 heterocycles. The van der Waals surface area contributed by atoms with Gasteiger partial charge < -0.3 is 19.1 Å². The summed E-state index contributed by atoms with van der Waals surface area (Å²) in [5.74, 6) is 1.41. The van der Waals surface area contributed by atoms with Gasteiger partial charge in [0.25, 0.3) is 5.91 Å². The summed E-state index contributed by atoms with van der Waals surface area (Å²) in [7, 11) is -3.68. The van der Waals surface area contributed by atoms with Gasteiger partial charge in [-0.1, -0.05) is 15.9 Å². The maximum atomic E-state index is 13.0. The Balaban J connectivity index is 1.34. The van der Waals surface area contributed by atoms with Crippen LogP contribution in [-0.2, 0) is 14.8 Å². The van der Waals surface area contributed by atoms with Gasteiger partial charge >= 0.3 is 0 Å². The normalized spacial score (nSPS) is 16.9. The Morgan fingerprint density at radius 1 is 0.967 bits per heavy atom. The average Bonchev–Trinajstić information content (AvgIpc) is 2.78. The van der Waals surface area contributed by atoms with Crippen LogP contribution in [0.2, 0.25) is 0 Å². The second-order valence-electron chi connectivity index (χ2n) is 6.83. The van der Waals surface area contributed by atoms with Crippen LogP contribution in [0.4, 0.5) is 0 Å². The van der Waals surface area contributed by atoms with Crippen molar-refractivity contribution in [2.24, 2.45) is 0 Å². The lowest BCUT2D eigenvalue weighted by molar-refractivity contribution is -0.134. The predicted molar refractivity (Wildman–Crippen MR) is 112 cm³/mol. The third-order valence-electron chi connectivity index (χ3n) is 4.92. The summed E-state index contributed by atoms with van der Waals surface area (Å²) in [4.78, 5) is 14.2. The molecule has 0 spiro atoms. The fourth-order valence-electron chi connectivity index (χ4n) is 3.28. The molecule has 8 nitrogen and oxygen atoms in total. The van der Waals surface area contributed by atoms with Crippen LogP contribution in [0.3, 0.4) is 0 Å². The first-order valence-electron chi connectivity index (χ1n) is 9.49. The second kappa shape index (κ2) is 8.83. The Bertz CT molecular complexity index is 1020. The van der Waals surface area contributed by atoms with E-state index in [1.807, 2.05) is 12.1 Å². The van der Waals surface area contributed by atoms with Crippen molar-refractivity contribution in [3.63, 3.8) is 0 Å². The molecule has 1 saturated heterocycles. The number of hydrogen-bond donors (Lipinski definition) is 0. The van der Waals surface area contributed by atoms with Crippen molar-refractivity contribution in [1.29, 1.82) is 0 Å². The van der Waals surface area contributed by atoms with Gasteiger partial charge in [0.2, 0.25) is 10.0 Å². The summed E-state index contributed by atoms with van der Waals surface area (Å²) in [6, 6.07) is 11.8. The highest BCUT2D eigenvalue weighted by atomic mass is 79.9. The van der Waals surface area contributed by atoms with Crippen molar-refractivity contribution >= 4 is 31.9 Å². The second-order valence-corrected chi connectivity index (χ2v) is 9.69. The number of benzene rings is 2. The minimum atomic E-state index is -3.68. The largest absolute Gasteiger partial charge is 0.486 e. The van der Waals surface area contributed by atoms with Crippen molar-refractivity contribution in [2.45, 2.75) is 4.90 Å². The van der Waals surface area contributed by atoms with Crippen molar-refractivity contribution < 1.29 is 27.4 Å². The minimum absolute atomic E-state index is 0.0868. The molecule has 0 aromatic heterocycles. The summed E-state index contributed by atoms with van der Waals surface area (Å²) >= 11 is 3.35. The molecule has 10 heteroatoms. The Labute approximate surface area is 183 Å². The highest BCUT2D eigenvalue weighted by molar-refractivity contribution is 9.10. The van der Waals surface area contributed by atoms with Crippen molar-refractivity contribution in [1.82, 2.24) is 9.21 Å². The number of piperazine rings is 1. The van der Waals surface area contributed by atoms with Gasteiger partial charge in [-0.15, -0.1) is 0 Å². The van der Waals surface area contributed by atoms with Crippen LogP contribution >= 0.6 is 15.9 Å². The number of hydrogen-bond acceptors (Lipinski definition) is 6. The molecular formula is C20H21BrN2O6S. The molecule has 2 aliphatic heterocycles. The number of sulfonamides is 1. The molecule has 4 rings (SSSR count). The third-order valence-corrected chi connectivity index (χ3v) is 7.34. The first-order valence-corrected chi connectivity index (χ1v) is 11.7. The number of ether oxygens (including phenoxy) is 3. The van der Waals surface area contributed by atoms with Crippen molar-refractivity contribution in [3.8, 4) is 17.2 Å². The number of rotatable bonds is 5. The maximum Gasteiger partial charge on any atom is 0.260 e. The summed E-state index contributed by atoms with van der Waals surface area (Å²) < 4.78 is 44.7. The van der Waals surface area contributed by atoms with E-state index in [9.17, 15) is 13.2 Å². The van der Waals surface area contributed by atoms with Gasteiger partial charge in [-0.05, 0) is 36.4 Å². The van der Waals surface area contributed by atoms with Gasteiger partial charge in [0, 0.05) is 36.7 Å². The molecule has 2 aliphatic rings. The van der Waals surface area contributed by atoms with Gasteiger partial charge in [0.15, 0.2) is 18.1 Å². The zero-order valence-electron chi connectivity index (χ0n) is 16.1. The highest BCUT2D eigenvalue weighted by Crippen LogP contribution is 2.33. The molecule has 2 aromatic rings. The van der Waals surface area contributed by atoms with E-state index in [2.05, 4.69) is 15.9 Å². The molecule has 0 atom stereocenters. The maximum absolute atomic E-state index is 13.0. The van der Waals surface area contributed by atoms with Crippen LogP contribution in [-0.4, -0.2) is 69.5 Å². The van der Waals surface area contributed by atoms with Crippen LogP contribution in [0.1, 0.15) is 0 Å². The standard InChI is InChI=1S/C20H21BrN2O6S/c21-15-1-3-16(4-2-15)29-14-20(24)22-7-9-23(10-8-22)30(25,26)17-5-6-18-19(13-17)28-12-11-27-18/h1-6,13H,7-12,14H2. The van der Waals surface area contributed by atoms with Gasteiger partial charge in [-0.25, -0.2) is 8.42 Å². The minimum Gasteiger partial charge on any atom is -0.486 e. The van der Waals surface area contributed by atoms with E-state index in [0.717, 1.165) is 4.47 Å². The zero-order valence-corrected chi connectivity index (χ0v) is 18.5. The Hall–Kier alpha value is -2.30. The molecular weight excluding hydrogens is 476 g/mol. The summed E-state index contributed by atoms with van der Waals surface area (Å²) in [5.41, 5.74) is 0. The molecule has 160 valence electrons. The highest BCUT2D eigenvalue weighted by Gasteiger charge is 2.31.